The summed E-state index contributed by atoms with van der Waals surface area (Å²) in [6, 6.07) is 5.62. The number of rotatable bonds is 11. The van der Waals surface area contributed by atoms with Gasteiger partial charge in [0.2, 0.25) is 0 Å². The summed E-state index contributed by atoms with van der Waals surface area (Å²) in [5.74, 6) is 1.48. The Bertz CT molecular complexity index is 444. The molecule has 0 aromatic heterocycles. The lowest BCUT2D eigenvalue weighted by molar-refractivity contribution is 0.395. The van der Waals surface area contributed by atoms with Crippen molar-refractivity contribution in [3.63, 3.8) is 0 Å². The average Bonchev–Trinajstić information content (AvgIpc) is 2.56. The minimum Gasteiger partial charge on any atom is -0.497 e. The van der Waals surface area contributed by atoms with E-state index in [1.165, 1.54) is 38.5 Å². The maximum absolute atomic E-state index is 5.33. The normalized spacial score (nSPS) is 10.2. The highest BCUT2D eigenvalue weighted by molar-refractivity contribution is 7.80. The average molecular weight is 339 g/mol. The van der Waals surface area contributed by atoms with Crippen molar-refractivity contribution in [3.8, 4) is 11.5 Å². The predicted molar refractivity (Wildman–Crippen MR) is 102 cm³/mol. The Morgan fingerprint density at radius 2 is 1.48 bits per heavy atom. The molecule has 130 valence electrons. The number of unbranched alkanes of at least 4 members (excludes halogenated alkanes) is 6. The molecule has 0 unspecified atom stereocenters. The summed E-state index contributed by atoms with van der Waals surface area (Å²) >= 11 is 5.33. The van der Waals surface area contributed by atoms with E-state index in [2.05, 4.69) is 17.6 Å². The van der Waals surface area contributed by atoms with E-state index >= 15 is 0 Å². The van der Waals surface area contributed by atoms with E-state index in [-0.39, 0.29) is 0 Å². The molecule has 2 N–H and O–H groups in total. The number of anilines is 1. The van der Waals surface area contributed by atoms with Crippen molar-refractivity contribution in [1.82, 2.24) is 5.32 Å². The molecule has 0 aliphatic carbocycles. The van der Waals surface area contributed by atoms with Gasteiger partial charge in [-0.1, -0.05) is 45.4 Å². The van der Waals surface area contributed by atoms with Crippen molar-refractivity contribution in [3.05, 3.63) is 18.2 Å². The van der Waals surface area contributed by atoms with Gasteiger partial charge in [-0.05, 0) is 18.6 Å². The van der Waals surface area contributed by atoms with Crippen LogP contribution in [-0.2, 0) is 0 Å². The highest BCUT2D eigenvalue weighted by Gasteiger charge is 2.03. The Balaban J connectivity index is 2.23. The number of benzene rings is 1. The fourth-order valence-electron chi connectivity index (χ4n) is 2.34. The van der Waals surface area contributed by atoms with Crippen LogP contribution in [0.15, 0.2) is 18.2 Å². The van der Waals surface area contributed by atoms with E-state index in [1.807, 2.05) is 18.2 Å². The Morgan fingerprint density at radius 3 is 2.04 bits per heavy atom. The van der Waals surface area contributed by atoms with E-state index < -0.39 is 0 Å². The summed E-state index contributed by atoms with van der Waals surface area (Å²) in [6.07, 6.45) is 9.09. The quantitative estimate of drug-likeness (QED) is 0.450. The molecule has 0 aliphatic heterocycles. The molecular weight excluding hydrogens is 308 g/mol. The van der Waals surface area contributed by atoms with Gasteiger partial charge in [0.25, 0.3) is 0 Å². The topological polar surface area (TPSA) is 42.5 Å². The molecule has 0 amide bonds. The smallest absolute Gasteiger partial charge is 0.170 e. The zero-order chi connectivity index (χ0) is 16.9. The van der Waals surface area contributed by atoms with Gasteiger partial charge >= 0.3 is 0 Å². The molecule has 4 nitrogen and oxygen atoms in total. The molecule has 0 saturated carbocycles. The van der Waals surface area contributed by atoms with E-state index in [0.717, 1.165) is 30.2 Å². The van der Waals surface area contributed by atoms with Gasteiger partial charge in [-0.15, -0.1) is 0 Å². The van der Waals surface area contributed by atoms with E-state index in [1.54, 1.807) is 14.2 Å². The number of methoxy groups -OCH3 is 2. The van der Waals surface area contributed by atoms with Crippen LogP contribution < -0.4 is 20.1 Å². The van der Waals surface area contributed by atoms with Gasteiger partial charge < -0.3 is 20.1 Å². The molecule has 0 aliphatic rings. The fourth-order valence-corrected chi connectivity index (χ4v) is 2.56. The van der Waals surface area contributed by atoms with Crippen molar-refractivity contribution in [1.29, 1.82) is 0 Å². The van der Waals surface area contributed by atoms with E-state index in [9.17, 15) is 0 Å². The molecule has 1 aromatic rings. The Kier molecular flexibility index (Phi) is 10.2. The summed E-state index contributed by atoms with van der Waals surface area (Å²) in [5.41, 5.74) is 0.860. The molecule has 0 bridgehead atoms. The number of thiocarbonyl (C=S) groups is 1. The molecule has 0 atom stereocenters. The molecule has 0 radical (unpaired) electrons. The third-order valence-electron chi connectivity index (χ3n) is 3.68. The Labute approximate surface area is 145 Å². The number of nitrogens with one attached hydrogen (secondary N) is 2. The van der Waals surface area contributed by atoms with Gasteiger partial charge in [-0.3, -0.25) is 0 Å². The number of hydrogen-bond donors (Lipinski definition) is 2. The molecule has 0 fully saturated rings. The fraction of sp³-hybridized carbons (Fsp3) is 0.611. The van der Waals surface area contributed by atoms with Crippen LogP contribution >= 0.6 is 12.2 Å². The summed E-state index contributed by atoms with van der Waals surface area (Å²) in [4.78, 5) is 0. The maximum atomic E-state index is 5.33. The summed E-state index contributed by atoms with van der Waals surface area (Å²) < 4.78 is 10.5. The molecule has 1 rings (SSSR count). The monoisotopic (exact) mass is 338 g/mol. The standard InChI is InChI=1S/C18H30N2O2S/c1-4-5-6-7-8-9-10-11-19-18(23)20-15-12-16(21-2)14-17(13-15)22-3/h12-14H,4-11H2,1-3H3,(H2,19,20,23). The van der Waals surface area contributed by atoms with Gasteiger partial charge in [0.15, 0.2) is 5.11 Å². The molecule has 5 heteroatoms. The third kappa shape index (κ3) is 8.65. The minimum atomic E-state index is 0.631. The zero-order valence-corrected chi connectivity index (χ0v) is 15.4. The van der Waals surface area contributed by atoms with Crippen LogP contribution in [0, 0.1) is 0 Å². The SMILES string of the molecule is CCCCCCCCCNC(=S)Nc1cc(OC)cc(OC)c1. The second-order valence-electron chi connectivity index (χ2n) is 5.60. The summed E-state index contributed by atoms with van der Waals surface area (Å²) in [7, 11) is 3.27. The van der Waals surface area contributed by atoms with Crippen LogP contribution in [0.2, 0.25) is 0 Å². The summed E-state index contributed by atoms with van der Waals surface area (Å²) in [6.45, 7) is 3.15. The van der Waals surface area contributed by atoms with Crippen LogP contribution in [0.1, 0.15) is 51.9 Å². The number of ether oxygens (including phenoxy) is 2. The minimum absolute atomic E-state index is 0.631. The second kappa shape index (κ2) is 12.0. The lowest BCUT2D eigenvalue weighted by atomic mass is 10.1. The third-order valence-corrected chi connectivity index (χ3v) is 3.92. The Hall–Kier alpha value is -1.49. The molecule has 0 saturated heterocycles. The highest BCUT2D eigenvalue weighted by atomic mass is 32.1. The predicted octanol–water partition coefficient (Wildman–Crippen LogP) is 4.74. The van der Waals surface area contributed by atoms with Crippen molar-refractivity contribution >= 4 is 23.0 Å². The molecule has 0 heterocycles. The summed E-state index contributed by atoms with van der Waals surface area (Å²) in [5, 5.41) is 7.05. The van der Waals surface area contributed by atoms with E-state index in [0.29, 0.717) is 5.11 Å². The number of hydrogen-bond acceptors (Lipinski definition) is 3. The molecule has 0 spiro atoms. The van der Waals surface area contributed by atoms with Crippen LogP contribution in [-0.4, -0.2) is 25.9 Å². The van der Waals surface area contributed by atoms with Gasteiger partial charge in [0.1, 0.15) is 11.5 Å². The van der Waals surface area contributed by atoms with E-state index in [4.69, 9.17) is 21.7 Å². The zero-order valence-electron chi connectivity index (χ0n) is 14.6. The van der Waals surface area contributed by atoms with Crippen LogP contribution in [0.25, 0.3) is 0 Å². The second-order valence-corrected chi connectivity index (χ2v) is 6.01. The lowest BCUT2D eigenvalue weighted by Gasteiger charge is -2.13. The van der Waals surface area contributed by atoms with Gasteiger partial charge in [-0.25, -0.2) is 0 Å². The van der Waals surface area contributed by atoms with Crippen molar-refractivity contribution in [2.45, 2.75) is 51.9 Å². The lowest BCUT2D eigenvalue weighted by Crippen LogP contribution is -2.29. The first-order valence-corrected chi connectivity index (χ1v) is 8.88. The maximum Gasteiger partial charge on any atom is 0.170 e. The van der Waals surface area contributed by atoms with Crippen molar-refractivity contribution in [2.75, 3.05) is 26.1 Å². The molecule has 1 aromatic carbocycles. The van der Waals surface area contributed by atoms with Crippen molar-refractivity contribution < 1.29 is 9.47 Å². The highest BCUT2D eigenvalue weighted by Crippen LogP contribution is 2.25. The van der Waals surface area contributed by atoms with Gasteiger partial charge in [0.05, 0.1) is 14.2 Å². The molecular formula is C18H30N2O2S. The van der Waals surface area contributed by atoms with Gasteiger partial charge in [-0.2, -0.15) is 0 Å². The van der Waals surface area contributed by atoms with Crippen LogP contribution in [0.4, 0.5) is 5.69 Å². The first-order chi connectivity index (χ1) is 11.2. The van der Waals surface area contributed by atoms with Gasteiger partial charge in [0, 0.05) is 30.4 Å². The Morgan fingerprint density at radius 1 is 0.913 bits per heavy atom. The largest absolute Gasteiger partial charge is 0.497 e. The van der Waals surface area contributed by atoms with Crippen LogP contribution in [0.3, 0.4) is 0 Å². The molecule has 23 heavy (non-hydrogen) atoms. The first kappa shape index (κ1) is 19.6. The van der Waals surface area contributed by atoms with Crippen LogP contribution in [0.5, 0.6) is 11.5 Å². The van der Waals surface area contributed by atoms with Crippen molar-refractivity contribution in [2.24, 2.45) is 0 Å². The first-order valence-electron chi connectivity index (χ1n) is 8.47.